The molecule has 1 aliphatic rings. The highest BCUT2D eigenvalue weighted by Gasteiger charge is 2.42. The number of carbonyl (C=O) groups excluding carboxylic acids is 1. The van der Waals surface area contributed by atoms with E-state index in [1.165, 1.54) is 0 Å². The van der Waals surface area contributed by atoms with Gasteiger partial charge in [0.1, 0.15) is 11.5 Å². The SMILES string of the molecule is CC(=O)c1ccccc1C1(S)c2ccc(C)cc2Oc2cc(I)ccc21. The first-order valence-corrected chi connectivity index (χ1v) is 9.85. The van der Waals surface area contributed by atoms with Gasteiger partial charge in [-0.25, -0.2) is 0 Å². The van der Waals surface area contributed by atoms with Crippen LogP contribution in [0.2, 0.25) is 0 Å². The van der Waals surface area contributed by atoms with Gasteiger partial charge in [-0.1, -0.05) is 42.5 Å². The maximum Gasteiger partial charge on any atom is 0.160 e. The number of ether oxygens (including phenoxy) is 1. The maximum atomic E-state index is 12.3. The monoisotopic (exact) mass is 472 g/mol. The van der Waals surface area contributed by atoms with Crippen LogP contribution in [-0.4, -0.2) is 5.78 Å². The summed E-state index contributed by atoms with van der Waals surface area (Å²) in [5.41, 5.74) is 4.58. The quantitative estimate of drug-likeness (QED) is 0.276. The first-order chi connectivity index (χ1) is 12.4. The van der Waals surface area contributed by atoms with E-state index in [-0.39, 0.29) is 5.78 Å². The zero-order valence-corrected chi connectivity index (χ0v) is 17.5. The Morgan fingerprint density at radius 3 is 2.35 bits per heavy atom. The second-order valence-electron chi connectivity index (χ2n) is 6.55. The average molecular weight is 472 g/mol. The fraction of sp³-hybridized carbons (Fsp3) is 0.136. The third-order valence-corrected chi connectivity index (χ3v) is 6.17. The van der Waals surface area contributed by atoms with Gasteiger partial charge in [0.25, 0.3) is 0 Å². The van der Waals surface area contributed by atoms with Crippen LogP contribution in [0.4, 0.5) is 0 Å². The molecule has 26 heavy (non-hydrogen) atoms. The second kappa shape index (κ2) is 6.43. The van der Waals surface area contributed by atoms with Crippen molar-refractivity contribution in [3.8, 4) is 11.5 Å². The number of hydrogen-bond acceptors (Lipinski definition) is 3. The minimum Gasteiger partial charge on any atom is -0.457 e. The number of carbonyl (C=O) groups is 1. The number of ketones is 1. The maximum absolute atomic E-state index is 12.3. The van der Waals surface area contributed by atoms with E-state index in [1.54, 1.807) is 6.92 Å². The van der Waals surface area contributed by atoms with Crippen LogP contribution in [0.1, 0.15) is 39.5 Å². The summed E-state index contributed by atoms with van der Waals surface area (Å²) < 4.78 is 6.55. The van der Waals surface area contributed by atoms with Crippen molar-refractivity contribution in [1.82, 2.24) is 0 Å². The van der Waals surface area contributed by atoms with Crippen LogP contribution < -0.4 is 4.74 Å². The molecule has 0 aliphatic carbocycles. The molecule has 3 aromatic rings. The Morgan fingerprint density at radius 1 is 0.962 bits per heavy atom. The molecule has 4 heteroatoms. The lowest BCUT2D eigenvalue weighted by Crippen LogP contribution is -2.29. The molecular formula is C22H17IO2S. The summed E-state index contributed by atoms with van der Waals surface area (Å²) in [6.45, 7) is 3.64. The predicted octanol–water partition coefficient (Wildman–Crippen LogP) is 6.13. The van der Waals surface area contributed by atoms with Gasteiger partial charge in [-0.2, -0.15) is 12.6 Å². The summed E-state index contributed by atoms with van der Waals surface area (Å²) in [6, 6.07) is 19.9. The minimum atomic E-state index is -0.761. The number of fused-ring (bicyclic) bond motifs is 2. The lowest BCUT2D eigenvalue weighted by Gasteiger charge is -2.38. The standard InChI is InChI=1S/C22H17IO2S/c1-13-7-9-18-20(11-13)25-21-12-15(23)8-10-19(21)22(18,26)17-6-4-3-5-16(17)14(2)24/h3-12,26H,1-2H3. The van der Waals surface area contributed by atoms with Crippen molar-refractivity contribution in [2.45, 2.75) is 18.6 Å². The van der Waals surface area contributed by atoms with Crippen molar-refractivity contribution < 1.29 is 9.53 Å². The predicted molar refractivity (Wildman–Crippen MR) is 116 cm³/mol. The normalized spacial score (nSPS) is 17.8. The molecule has 0 fully saturated rings. The number of rotatable bonds is 2. The fourth-order valence-corrected chi connectivity index (χ4v) is 4.58. The van der Waals surface area contributed by atoms with E-state index in [1.807, 2.05) is 55.5 Å². The molecule has 0 aromatic heterocycles. The van der Waals surface area contributed by atoms with E-state index in [0.29, 0.717) is 5.56 Å². The Labute approximate surface area is 172 Å². The number of halogens is 1. The molecule has 1 atom stereocenters. The largest absolute Gasteiger partial charge is 0.457 e. The van der Waals surface area contributed by atoms with Crippen LogP contribution >= 0.6 is 35.2 Å². The van der Waals surface area contributed by atoms with E-state index in [2.05, 4.69) is 34.7 Å². The van der Waals surface area contributed by atoms with Gasteiger partial charge in [-0.15, -0.1) is 0 Å². The zero-order chi connectivity index (χ0) is 18.5. The number of Topliss-reactive ketones (excluding diaryl/α,β-unsaturated/α-hetero) is 1. The van der Waals surface area contributed by atoms with Crippen molar-refractivity contribution in [1.29, 1.82) is 0 Å². The van der Waals surface area contributed by atoms with Crippen molar-refractivity contribution in [3.05, 3.63) is 92.1 Å². The van der Waals surface area contributed by atoms with E-state index in [4.69, 9.17) is 17.4 Å². The van der Waals surface area contributed by atoms with Crippen LogP contribution in [-0.2, 0) is 4.75 Å². The molecule has 0 N–H and O–H groups in total. The highest BCUT2D eigenvalue weighted by molar-refractivity contribution is 14.1. The van der Waals surface area contributed by atoms with E-state index >= 15 is 0 Å². The summed E-state index contributed by atoms with van der Waals surface area (Å²) >= 11 is 7.47. The molecule has 1 heterocycles. The van der Waals surface area contributed by atoms with Gasteiger partial charge in [0.15, 0.2) is 5.78 Å². The summed E-state index contributed by atoms with van der Waals surface area (Å²) in [5.74, 6) is 1.59. The van der Waals surface area contributed by atoms with Gasteiger partial charge in [-0.05, 0) is 65.8 Å². The molecule has 0 saturated heterocycles. The van der Waals surface area contributed by atoms with Crippen molar-refractivity contribution >= 4 is 41.0 Å². The van der Waals surface area contributed by atoms with Crippen LogP contribution in [0.3, 0.4) is 0 Å². The Morgan fingerprint density at radius 2 is 1.62 bits per heavy atom. The second-order valence-corrected chi connectivity index (χ2v) is 8.47. The van der Waals surface area contributed by atoms with Crippen molar-refractivity contribution in [3.63, 3.8) is 0 Å². The lowest BCUT2D eigenvalue weighted by molar-refractivity contribution is 0.101. The Bertz CT molecular complexity index is 991. The highest BCUT2D eigenvalue weighted by atomic mass is 127. The molecule has 1 unspecified atom stereocenters. The summed E-state index contributed by atoms with van der Waals surface area (Å²) in [4.78, 5) is 12.3. The number of benzene rings is 3. The lowest BCUT2D eigenvalue weighted by atomic mass is 9.79. The summed E-state index contributed by atoms with van der Waals surface area (Å²) in [5, 5.41) is 0. The number of thiol groups is 1. The van der Waals surface area contributed by atoms with Crippen LogP contribution in [0.15, 0.2) is 60.7 Å². The molecule has 0 radical (unpaired) electrons. The number of aryl methyl sites for hydroxylation is 1. The molecule has 0 bridgehead atoms. The molecule has 3 aromatic carbocycles. The van der Waals surface area contributed by atoms with Gasteiger partial charge in [0.2, 0.25) is 0 Å². The molecule has 0 amide bonds. The number of hydrogen-bond donors (Lipinski definition) is 1. The Kier molecular flexibility index (Phi) is 4.35. The fourth-order valence-electron chi connectivity index (χ4n) is 3.55. The Balaban J connectivity index is 2.09. The van der Waals surface area contributed by atoms with E-state index < -0.39 is 4.75 Å². The molecule has 130 valence electrons. The Hall–Kier alpha value is -1.79. The zero-order valence-electron chi connectivity index (χ0n) is 14.4. The molecule has 1 aliphatic heterocycles. The van der Waals surface area contributed by atoms with Gasteiger partial charge in [0, 0.05) is 20.3 Å². The molecule has 4 rings (SSSR count). The third-order valence-electron chi connectivity index (χ3n) is 4.78. The van der Waals surface area contributed by atoms with Crippen LogP contribution in [0.5, 0.6) is 11.5 Å². The van der Waals surface area contributed by atoms with Crippen molar-refractivity contribution in [2.24, 2.45) is 0 Å². The smallest absolute Gasteiger partial charge is 0.160 e. The topological polar surface area (TPSA) is 26.3 Å². The van der Waals surface area contributed by atoms with Crippen LogP contribution in [0, 0.1) is 10.5 Å². The van der Waals surface area contributed by atoms with Gasteiger partial charge in [0.05, 0.1) is 4.75 Å². The molecule has 0 saturated carbocycles. The molecule has 2 nitrogen and oxygen atoms in total. The van der Waals surface area contributed by atoms with E-state index in [9.17, 15) is 4.79 Å². The minimum absolute atomic E-state index is 0.0289. The van der Waals surface area contributed by atoms with E-state index in [0.717, 1.165) is 37.3 Å². The third kappa shape index (κ3) is 2.67. The first-order valence-electron chi connectivity index (χ1n) is 8.33. The first kappa shape index (κ1) is 17.6. The van der Waals surface area contributed by atoms with Gasteiger partial charge < -0.3 is 4.74 Å². The van der Waals surface area contributed by atoms with Crippen LogP contribution in [0.25, 0.3) is 0 Å². The highest BCUT2D eigenvalue weighted by Crippen LogP contribution is 2.55. The molecule has 0 spiro atoms. The molecular weight excluding hydrogens is 455 g/mol. The summed E-state index contributed by atoms with van der Waals surface area (Å²) in [6.07, 6.45) is 0. The van der Waals surface area contributed by atoms with Gasteiger partial charge >= 0.3 is 0 Å². The van der Waals surface area contributed by atoms with Crippen molar-refractivity contribution in [2.75, 3.05) is 0 Å². The average Bonchev–Trinajstić information content (AvgIpc) is 2.61. The van der Waals surface area contributed by atoms with Gasteiger partial charge in [-0.3, -0.25) is 4.79 Å². The summed E-state index contributed by atoms with van der Waals surface area (Å²) in [7, 11) is 0.